The van der Waals surface area contributed by atoms with Gasteiger partial charge in [-0.3, -0.25) is 0 Å². The Hall–Kier alpha value is -2.81. The molecule has 2 rings (SSSR count). The maximum absolute atomic E-state index is 14.4. The summed E-state index contributed by atoms with van der Waals surface area (Å²) < 4.78 is 20.2. The van der Waals surface area contributed by atoms with Crippen LogP contribution < -0.4 is 10.1 Å². The van der Waals surface area contributed by atoms with E-state index in [2.05, 4.69) is 18.5 Å². The highest BCUT2D eigenvalue weighted by atomic mass is 19.1. The first-order chi connectivity index (χ1) is 12.9. The predicted octanol–water partition coefficient (Wildman–Crippen LogP) is 7.12. The van der Waals surface area contributed by atoms with Gasteiger partial charge in [0.15, 0.2) is 0 Å². The van der Waals surface area contributed by atoms with Gasteiger partial charge >= 0.3 is 0 Å². The van der Waals surface area contributed by atoms with Gasteiger partial charge in [0.25, 0.3) is 0 Å². The molecule has 0 fully saturated rings. The molecule has 2 nitrogen and oxygen atoms in total. The maximum Gasteiger partial charge on any atom is 0.131 e. The number of nitrogens with one attached hydrogen (secondary N) is 1. The monoisotopic (exact) mass is 367 g/mol. The summed E-state index contributed by atoms with van der Waals surface area (Å²) in [5.41, 5.74) is 6.56. The summed E-state index contributed by atoms with van der Waals surface area (Å²) in [6.45, 7) is 16.0. The lowest BCUT2D eigenvalue weighted by Gasteiger charge is -2.19. The van der Waals surface area contributed by atoms with Crippen molar-refractivity contribution in [2.24, 2.45) is 0 Å². The van der Waals surface area contributed by atoms with E-state index in [9.17, 15) is 4.39 Å². The van der Waals surface area contributed by atoms with Gasteiger partial charge in [0.05, 0.1) is 6.26 Å². The van der Waals surface area contributed by atoms with Crippen molar-refractivity contribution in [3.05, 3.63) is 89.5 Å². The molecule has 0 saturated carbocycles. The minimum atomic E-state index is -0.219. The quantitative estimate of drug-likeness (QED) is 0.448. The predicted molar refractivity (Wildman–Crippen MR) is 116 cm³/mol. The van der Waals surface area contributed by atoms with Gasteiger partial charge in [-0.05, 0) is 64.0 Å². The Morgan fingerprint density at radius 1 is 1.00 bits per heavy atom. The van der Waals surface area contributed by atoms with E-state index < -0.39 is 0 Å². The molecule has 0 aromatic heterocycles. The van der Waals surface area contributed by atoms with E-state index in [1.54, 1.807) is 12.3 Å². The molecule has 0 bridgehead atoms. The van der Waals surface area contributed by atoms with Crippen molar-refractivity contribution in [3.63, 3.8) is 0 Å². The van der Waals surface area contributed by atoms with Crippen LogP contribution >= 0.6 is 0 Å². The molecule has 0 saturated heterocycles. The number of benzene rings is 2. The van der Waals surface area contributed by atoms with Crippen molar-refractivity contribution in [3.8, 4) is 5.75 Å². The van der Waals surface area contributed by atoms with Gasteiger partial charge in [-0.1, -0.05) is 23.8 Å². The molecule has 0 aliphatic rings. The molecular weight excluding hydrogens is 337 g/mol. The third-order valence-corrected chi connectivity index (χ3v) is 4.00. The van der Waals surface area contributed by atoms with Crippen molar-refractivity contribution in [2.45, 2.75) is 34.6 Å². The van der Waals surface area contributed by atoms with Crippen molar-refractivity contribution in [2.75, 3.05) is 12.4 Å². The van der Waals surface area contributed by atoms with Gasteiger partial charge in [0, 0.05) is 29.4 Å². The summed E-state index contributed by atoms with van der Waals surface area (Å²) in [4.78, 5) is 0. The molecule has 0 unspecified atom stereocenters. The Bertz CT molecular complexity index is 841. The van der Waals surface area contributed by atoms with Gasteiger partial charge in [-0.2, -0.15) is 0 Å². The zero-order valence-electron chi connectivity index (χ0n) is 17.2. The van der Waals surface area contributed by atoms with Crippen LogP contribution in [-0.2, 0) is 0 Å². The van der Waals surface area contributed by atoms with E-state index in [4.69, 9.17) is 4.74 Å². The van der Waals surface area contributed by atoms with Crippen LogP contribution in [0.15, 0.2) is 67.0 Å². The van der Waals surface area contributed by atoms with E-state index in [0.717, 1.165) is 39.3 Å². The average molecular weight is 368 g/mol. The van der Waals surface area contributed by atoms with Gasteiger partial charge in [0.1, 0.15) is 11.6 Å². The maximum atomic E-state index is 14.4. The van der Waals surface area contributed by atoms with E-state index in [0.29, 0.717) is 5.56 Å². The zero-order chi connectivity index (χ0) is 20.6. The van der Waals surface area contributed by atoms with Gasteiger partial charge < -0.3 is 10.1 Å². The number of hydrogen-bond donors (Lipinski definition) is 1. The molecule has 0 aliphatic carbocycles. The molecule has 0 atom stereocenters. The zero-order valence-corrected chi connectivity index (χ0v) is 17.2. The number of rotatable bonds is 5. The van der Waals surface area contributed by atoms with Crippen LogP contribution in [-0.4, -0.2) is 7.05 Å². The second-order valence-electron chi connectivity index (χ2n) is 6.53. The standard InChI is InChI=1S/C22H26FNO.C2H4/c1-14(2)13-25-20-12-11-18(22(24-6)16(20)5)21(15(3)4)17-9-7-8-10-19(17)23;1-2/h7-13,24H,1-6H3;1-2H2. The minimum absolute atomic E-state index is 0.219. The molecule has 2 aromatic carbocycles. The highest BCUT2D eigenvalue weighted by Gasteiger charge is 2.17. The first kappa shape index (κ1) is 22.2. The van der Waals surface area contributed by atoms with Crippen LogP contribution in [0.4, 0.5) is 10.1 Å². The second kappa shape index (κ2) is 10.4. The van der Waals surface area contributed by atoms with E-state index >= 15 is 0 Å². The number of anilines is 1. The smallest absolute Gasteiger partial charge is 0.131 e. The molecule has 27 heavy (non-hydrogen) atoms. The van der Waals surface area contributed by atoms with E-state index in [1.807, 2.05) is 65.9 Å². The normalized spacial score (nSPS) is 9.59. The summed E-state index contributed by atoms with van der Waals surface area (Å²) in [6, 6.07) is 10.8. The van der Waals surface area contributed by atoms with Crippen LogP contribution in [0.25, 0.3) is 5.57 Å². The molecule has 144 valence electrons. The highest BCUT2D eigenvalue weighted by Crippen LogP contribution is 2.38. The highest BCUT2D eigenvalue weighted by molar-refractivity contribution is 5.89. The van der Waals surface area contributed by atoms with E-state index in [1.165, 1.54) is 6.07 Å². The van der Waals surface area contributed by atoms with Crippen LogP contribution in [0.3, 0.4) is 0 Å². The third kappa shape index (κ3) is 5.33. The molecule has 0 aliphatic heterocycles. The third-order valence-electron chi connectivity index (χ3n) is 4.00. The van der Waals surface area contributed by atoms with E-state index in [-0.39, 0.29) is 5.82 Å². The van der Waals surface area contributed by atoms with Crippen LogP contribution in [0.2, 0.25) is 0 Å². The number of hydrogen-bond acceptors (Lipinski definition) is 2. The molecule has 0 spiro atoms. The van der Waals surface area contributed by atoms with Gasteiger partial charge in [-0.25, -0.2) is 4.39 Å². The van der Waals surface area contributed by atoms with Gasteiger partial charge in [-0.15, -0.1) is 13.2 Å². The lowest BCUT2D eigenvalue weighted by atomic mass is 9.91. The first-order valence-electron chi connectivity index (χ1n) is 8.91. The fraction of sp³-hybridized carbons (Fsp3) is 0.250. The average Bonchev–Trinajstić information content (AvgIpc) is 2.64. The topological polar surface area (TPSA) is 21.3 Å². The summed E-state index contributed by atoms with van der Waals surface area (Å²) in [7, 11) is 1.88. The summed E-state index contributed by atoms with van der Waals surface area (Å²) in [5, 5.41) is 3.26. The minimum Gasteiger partial charge on any atom is -0.465 e. The van der Waals surface area contributed by atoms with Crippen molar-refractivity contribution in [1.29, 1.82) is 0 Å². The first-order valence-corrected chi connectivity index (χ1v) is 8.91. The van der Waals surface area contributed by atoms with Crippen molar-refractivity contribution in [1.82, 2.24) is 0 Å². The molecule has 3 heteroatoms. The fourth-order valence-electron chi connectivity index (χ4n) is 2.88. The largest absolute Gasteiger partial charge is 0.465 e. The van der Waals surface area contributed by atoms with Crippen LogP contribution in [0.1, 0.15) is 44.4 Å². The summed E-state index contributed by atoms with van der Waals surface area (Å²) in [6.07, 6.45) is 1.74. The molecule has 2 aromatic rings. The Morgan fingerprint density at radius 2 is 1.63 bits per heavy atom. The molecular formula is C24H30FNO. The number of halogens is 1. The Kier molecular flexibility index (Phi) is 8.53. The van der Waals surface area contributed by atoms with Crippen molar-refractivity contribution < 1.29 is 9.13 Å². The molecule has 1 N–H and O–H groups in total. The number of ether oxygens (including phenoxy) is 1. The Labute approximate surface area is 163 Å². The molecule has 0 heterocycles. The lowest BCUT2D eigenvalue weighted by molar-refractivity contribution is 0.472. The Balaban J connectivity index is 0.00000176. The Morgan fingerprint density at radius 3 is 2.15 bits per heavy atom. The van der Waals surface area contributed by atoms with Gasteiger partial charge in [0.2, 0.25) is 0 Å². The van der Waals surface area contributed by atoms with Crippen molar-refractivity contribution >= 4 is 11.3 Å². The molecule has 0 radical (unpaired) electrons. The van der Waals surface area contributed by atoms with Crippen LogP contribution in [0.5, 0.6) is 5.75 Å². The number of allylic oxidation sites excluding steroid dienone is 2. The SMILES string of the molecule is C=C.CNc1c(C(=C(C)C)c2ccccc2F)ccc(OC=C(C)C)c1C. The summed E-state index contributed by atoms with van der Waals surface area (Å²) in [5.74, 6) is 0.569. The second-order valence-corrected chi connectivity index (χ2v) is 6.53. The fourth-order valence-corrected chi connectivity index (χ4v) is 2.88. The van der Waals surface area contributed by atoms with Crippen LogP contribution in [0, 0.1) is 12.7 Å². The lowest BCUT2D eigenvalue weighted by Crippen LogP contribution is -2.03. The molecule has 0 amide bonds. The summed E-state index contributed by atoms with van der Waals surface area (Å²) >= 11 is 0.